The average molecular weight is 283 g/mol. The third-order valence-electron chi connectivity index (χ3n) is 3.36. The fourth-order valence-corrected chi connectivity index (χ4v) is 2.35. The molecule has 1 fully saturated rings. The average Bonchev–Trinajstić information content (AvgIpc) is 2.70. The summed E-state index contributed by atoms with van der Waals surface area (Å²) in [6.45, 7) is 0.883. The van der Waals surface area contributed by atoms with E-state index in [4.69, 9.17) is 5.73 Å². The molecule has 1 aliphatic heterocycles. The zero-order valence-corrected chi connectivity index (χ0v) is 10.9. The third-order valence-corrected chi connectivity index (χ3v) is 3.36. The smallest absolute Gasteiger partial charge is 0.254 e. The zero-order chi connectivity index (χ0) is 14.9. The minimum absolute atomic E-state index is 0.260. The number of nitrogens with zero attached hydrogens (tertiary/aromatic N) is 1. The van der Waals surface area contributed by atoms with Gasteiger partial charge < -0.3 is 16.0 Å². The van der Waals surface area contributed by atoms with Crippen LogP contribution in [0.4, 0.5) is 8.78 Å². The molecule has 3 N–H and O–H groups in total. The van der Waals surface area contributed by atoms with Crippen molar-refractivity contribution in [1.82, 2.24) is 10.2 Å². The summed E-state index contributed by atoms with van der Waals surface area (Å²) < 4.78 is 26.3. The molecular weight excluding hydrogens is 268 g/mol. The van der Waals surface area contributed by atoms with Crippen LogP contribution in [0.15, 0.2) is 18.2 Å². The summed E-state index contributed by atoms with van der Waals surface area (Å²) in [5.41, 5.74) is 5.01. The molecular formula is C13H15F2N3O2. The first kappa shape index (κ1) is 14.4. The lowest BCUT2D eigenvalue weighted by molar-refractivity contribution is -0.121. The third kappa shape index (κ3) is 2.93. The summed E-state index contributed by atoms with van der Waals surface area (Å²) in [6, 6.07) is 2.23. The maximum Gasteiger partial charge on any atom is 0.254 e. The molecule has 1 saturated heterocycles. The molecule has 1 heterocycles. The lowest BCUT2D eigenvalue weighted by Crippen LogP contribution is -2.45. The van der Waals surface area contributed by atoms with E-state index < -0.39 is 35.4 Å². The highest BCUT2D eigenvalue weighted by atomic mass is 19.1. The van der Waals surface area contributed by atoms with Gasteiger partial charge in [0.15, 0.2) is 0 Å². The number of rotatable bonds is 3. The number of carbonyl (C=O) groups is 2. The van der Waals surface area contributed by atoms with Crippen molar-refractivity contribution >= 4 is 11.8 Å². The molecule has 0 spiro atoms. The van der Waals surface area contributed by atoms with Crippen LogP contribution in [0.1, 0.15) is 10.4 Å². The standard InChI is InChI=1S/C13H15F2N3O2/c1-18-5-9(12(16)19)11(6-18)17-13(20)8-3-2-7(14)4-10(8)15/h2-4,9,11H,5-6H2,1H3,(H2,16,19)(H,17,20)/t9-,11+/m1/s1. The van der Waals surface area contributed by atoms with Crippen LogP contribution < -0.4 is 11.1 Å². The SMILES string of the molecule is CN1C[C@H](NC(=O)c2ccc(F)cc2F)[C@H](C(N)=O)C1. The maximum absolute atomic E-state index is 13.5. The van der Waals surface area contributed by atoms with Gasteiger partial charge in [-0.25, -0.2) is 8.78 Å². The summed E-state index contributed by atoms with van der Waals surface area (Å²) in [5, 5.41) is 2.57. The van der Waals surface area contributed by atoms with Crippen molar-refractivity contribution in [3.05, 3.63) is 35.4 Å². The van der Waals surface area contributed by atoms with Crippen LogP contribution in [-0.2, 0) is 4.79 Å². The predicted molar refractivity (Wildman–Crippen MR) is 67.8 cm³/mol. The lowest BCUT2D eigenvalue weighted by Gasteiger charge is -2.17. The summed E-state index contributed by atoms with van der Waals surface area (Å²) in [6.07, 6.45) is 0. The van der Waals surface area contributed by atoms with Gasteiger partial charge in [-0.2, -0.15) is 0 Å². The predicted octanol–water partition coefficient (Wildman–Crippen LogP) is 0.110. The molecule has 1 aliphatic rings. The van der Waals surface area contributed by atoms with Crippen molar-refractivity contribution in [1.29, 1.82) is 0 Å². The number of likely N-dealkylation sites (N-methyl/N-ethyl adjacent to an activating group) is 1. The van der Waals surface area contributed by atoms with Gasteiger partial charge in [-0.05, 0) is 19.2 Å². The summed E-state index contributed by atoms with van der Waals surface area (Å²) in [5.74, 6) is -3.42. The number of hydrogen-bond donors (Lipinski definition) is 2. The van der Waals surface area contributed by atoms with Crippen molar-refractivity contribution < 1.29 is 18.4 Å². The van der Waals surface area contributed by atoms with Crippen molar-refractivity contribution in [2.24, 2.45) is 11.7 Å². The summed E-state index contributed by atoms with van der Waals surface area (Å²) in [4.78, 5) is 25.1. The fraction of sp³-hybridized carbons (Fsp3) is 0.385. The monoisotopic (exact) mass is 283 g/mol. The molecule has 0 bridgehead atoms. The summed E-state index contributed by atoms with van der Waals surface area (Å²) >= 11 is 0. The van der Waals surface area contributed by atoms with Crippen LogP contribution in [0.5, 0.6) is 0 Å². The number of benzene rings is 1. The molecule has 0 aromatic heterocycles. The van der Waals surface area contributed by atoms with E-state index in [2.05, 4.69) is 5.32 Å². The molecule has 0 saturated carbocycles. The Hall–Kier alpha value is -2.02. The Labute approximate surface area is 114 Å². The largest absolute Gasteiger partial charge is 0.369 e. The fourth-order valence-electron chi connectivity index (χ4n) is 2.35. The first-order chi connectivity index (χ1) is 9.38. The first-order valence-corrected chi connectivity index (χ1v) is 6.12. The molecule has 20 heavy (non-hydrogen) atoms. The van der Waals surface area contributed by atoms with Gasteiger partial charge in [-0.3, -0.25) is 9.59 Å². The van der Waals surface area contributed by atoms with E-state index in [1.807, 2.05) is 4.90 Å². The zero-order valence-electron chi connectivity index (χ0n) is 10.9. The number of nitrogens with one attached hydrogen (secondary N) is 1. The van der Waals surface area contributed by atoms with Gasteiger partial charge in [-0.15, -0.1) is 0 Å². The maximum atomic E-state index is 13.5. The first-order valence-electron chi connectivity index (χ1n) is 6.12. The minimum atomic E-state index is -0.940. The van der Waals surface area contributed by atoms with E-state index in [0.717, 1.165) is 12.1 Å². The van der Waals surface area contributed by atoms with Crippen LogP contribution in [0.25, 0.3) is 0 Å². The Morgan fingerprint density at radius 2 is 2.05 bits per heavy atom. The summed E-state index contributed by atoms with van der Waals surface area (Å²) in [7, 11) is 1.79. The number of amides is 2. The lowest BCUT2D eigenvalue weighted by atomic mass is 10.0. The molecule has 5 nitrogen and oxygen atoms in total. The van der Waals surface area contributed by atoms with Crippen LogP contribution in [-0.4, -0.2) is 42.9 Å². The highest BCUT2D eigenvalue weighted by Gasteiger charge is 2.36. The number of likely N-dealkylation sites (tertiary alicyclic amines) is 1. The number of carbonyl (C=O) groups excluding carboxylic acids is 2. The van der Waals surface area contributed by atoms with E-state index in [9.17, 15) is 18.4 Å². The van der Waals surface area contributed by atoms with Crippen molar-refractivity contribution in [3.63, 3.8) is 0 Å². The highest BCUT2D eigenvalue weighted by molar-refractivity contribution is 5.95. The van der Waals surface area contributed by atoms with Gasteiger partial charge in [0.2, 0.25) is 5.91 Å². The van der Waals surface area contributed by atoms with Crippen molar-refractivity contribution in [2.45, 2.75) is 6.04 Å². The van der Waals surface area contributed by atoms with E-state index in [0.29, 0.717) is 19.2 Å². The second kappa shape index (κ2) is 5.54. The Balaban J connectivity index is 2.13. The Morgan fingerprint density at radius 1 is 1.35 bits per heavy atom. The molecule has 108 valence electrons. The van der Waals surface area contributed by atoms with Gasteiger partial charge in [0, 0.05) is 19.2 Å². The van der Waals surface area contributed by atoms with Crippen LogP contribution in [0, 0.1) is 17.6 Å². The molecule has 0 radical (unpaired) electrons. The van der Waals surface area contributed by atoms with Gasteiger partial charge in [-0.1, -0.05) is 0 Å². The number of primary amides is 1. The molecule has 0 aliphatic carbocycles. The van der Waals surface area contributed by atoms with E-state index >= 15 is 0 Å². The molecule has 0 unspecified atom stereocenters. The number of halogens is 2. The van der Waals surface area contributed by atoms with Crippen molar-refractivity contribution in [3.8, 4) is 0 Å². The number of hydrogen-bond acceptors (Lipinski definition) is 3. The molecule has 2 amide bonds. The van der Waals surface area contributed by atoms with Crippen molar-refractivity contribution in [2.75, 3.05) is 20.1 Å². The van der Waals surface area contributed by atoms with Gasteiger partial charge in [0.05, 0.1) is 17.5 Å². The molecule has 2 rings (SSSR count). The molecule has 1 aromatic carbocycles. The Bertz CT molecular complexity index is 550. The topological polar surface area (TPSA) is 75.4 Å². The Morgan fingerprint density at radius 3 is 2.65 bits per heavy atom. The van der Waals surface area contributed by atoms with E-state index in [-0.39, 0.29) is 5.56 Å². The molecule has 7 heteroatoms. The minimum Gasteiger partial charge on any atom is -0.369 e. The molecule has 1 aromatic rings. The Kier molecular flexibility index (Phi) is 3.99. The molecule has 2 atom stereocenters. The van der Waals surface area contributed by atoms with Crippen LogP contribution in [0.2, 0.25) is 0 Å². The number of nitrogens with two attached hydrogens (primary N) is 1. The second-order valence-electron chi connectivity index (χ2n) is 4.93. The van der Waals surface area contributed by atoms with Crippen LogP contribution in [0.3, 0.4) is 0 Å². The normalized spacial score (nSPS) is 22.8. The second-order valence-corrected chi connectivity index (χ2v) is 4.93. The van der Waals surface area contributed by atoms with Gasteiger partial charge in [0.1, 0.15) is 11.6 Å². The van der Waals surface area contributed by atoms with Crippen LogP contribution >= 0.6 is 0 Å². The highest BCUT2D eigenvalue weighted by Crippen LogP contribution is 2.16. The van der Waals surface area contributed by atoms with Gasteiger partial charge in [0.25, 0.3) is 5.91 Å². The quantitative estimate of drug-likeness (QED) is 0.826. The van der Waals surface area contributed by atoms with Gasteiger partial charge >= 0.3 is 0 Å². The van der Waals surface area contributed by atoms with E-state index in [1.54, 1.807) is 7.05 Å². The van der Waals surface area contributed by atoms with E-state index in [1.165, 1.54) is 0 Å².